The fraction of sp³-hybridized carbons (Fsp3) is 0.312. The van der Waals surface area contributed by atoms with Gasteiger partial charge in [0.2, 0.25) is 0 Å². The molecule has 114 valence electrons. The molecule has 0 aliphatic carbocycles. The lowest BCUT2D eigenvalue weighted by atomic mass is 10.1. The normalized spacial score (nSPS) is 12.9. The number of carboxylic acid groups (broad SMARTS) is 1. The Morgan fingerprint density at radius 2 is 1.90 bits per heavy atom. The predicted molar refractivity (Wildman–Crippen MR) is 90.9 cm³/mol. The molecule has 2 atom stereocenters. The van der Waals surface area contributed by atoms with Gasteiger partial charge in [0.05, 0.1) is 10.6 Å². The van der Waals surface area contributed by atoms with Crippen molar-refractivity contribution in [2.45, 2.75) is 35.8 Å². The van der Waals surface area contributed by atoms with Crippen LogP contribution in [0.3, 0.4) is 0 Å². The van der Waals surface area contributed by atoms with Crippen LogP contribution in [0, 0.1) is 0 Å². The Morgan fingerprint density at radius 3 is 2.33 bits per heavy atom. The maximum absolute atomic E-state index is 10.3. The molecular weight excluding hydrogens is 302 g/mol. The van der Waals surface area contributed by atoms with E-state index in [1.807, 2.05) is 61.7 Å². The molecule has 3 nitrogen and oxygen atoms in total. The minimum absolute atomic E-state index is 0.154. The highest BCUT2D eigenvalue weighted by atomic mass is 32.2. The highest BCUT2D eigenvalue weighted by Crippen LogP contribution is 2.28. The Morgan fingerprint density at radius 1 is 1.24 bits per heavy atom. The SMILES string of the molecule is CC(N)c1ccccc1.C[C@@H](CC(=O)O)Sc1cccs1. The van der Waals surface area contributed by atoms with Crippen molar-refractivity contribution in [3.8, 4) is 0 Å². The second-order valence-electron chi connectivity index (χ2n) is 4.66. The van der Waals surface area contributed by atoms with Gasteiger partial charge in [0.1, 0.15) is 0 Å². The topological polar surface area (TPSA) is 63.3 Å². The van der Waals surface area contributed by atoms with E-state index in [2.05, 4.69) is 0 Å². The lowest BCUT2D eigenvalue weighted by Gasteiger charge is -2.04. The van der Waals surface area contributed by atoms with E-state index in [1.165, 1.54) is 9.77 Å². The van der Waals surface area contributed by atoms with Gasteiger partial charge in [0.25, 0.3) is 0 Å². The van der Waals surface area contributed by atoms with E-state index in [9.17, 15) is 4.79 Å². The lowest BCUT2D eigenvalue weighted by Crippen LogP contribution is -2.04. The number of carboxylic acids is 1. The van der Waals surface area contributed by atoms with Crippen molar-refractivity contribution in [3.05, 3.63) is 53.4 Å². The van der Waals surface area contributed by atoms with Crippen molar-refractivity contribution in [2.24, 2.45) is 5.73 Å². The van der Waals surface area contributed by atoms with Crippen LogP contribution in [0.25, 0.3) is 0 Å². The Kier molecular flexibility index (Phi) is 8.12. The molecule has 2 rings (SSSR count). The molecule has 0 spiro atoms. The first-order valence-electron chi connectivity index (χ1n) is 6.71. The van der Waals surface area contributed by atoms with Crippen LogP contribution < -0.4 is 5.73 Å². The minimum Gasteiger partial charge on any atom is -0.481 e. The van der Waals surface area contributed by atoms with Gasteiger partial charge < -0.3 is 10.8 Å². The summed E-state index contributed by atoms with van der Waals surface area (Å²) in [5, 5.41) is 10.7. The molecule has 0 aliphatic heterocycles. The Hall–Kier alpha value is -1.30. The van der Waals surface area contributed by atoms with Crippen molar-refractivity contribution in [1.82, 2.24) is 0 Å². The Bertz CT molecular complexity index is 512. The van der Waals surface area contributed by atoms with Gasteiger partial charge in [-0.25, -0.2) is 0 Å². The first-order chi connectivity index (χ1) is 9.99. The van der Waals surface area contributed by atoms with Gasteiger partial charge in [-0.1, -0.05) is 43.3 Å². The van der Waals surface area contributed by atoms with E-state index in [4.69, 9.17) is 10.8 Å². The third-order valence-electron chi connectivity index (χ3n) is 2.60. The zero-order chi connectivity index (χ0) is 15.7. The third kappa shape index (κ3) is 7.90. The van der Waals surface area contributed by atoms with Gasteiger partial charge in [0.15, 0.2) is 0 Å². The van der Waals surface area contributed by atoms with E-state index in [0.717, 1.165) is 0 Å². The summed E-state index contributed by atoms with van der Waals surface area (Å²) in [5.74, 6) is -0.730. The summed E-state index contributed by atoms with van der Waals surface area (Å²) in [6.45, 7) is 3.91. The number of benzene rings is 1. The number of hydrogen-bond donors (Lipinski definition) is 2. The molecule has 1 aromatic carbocycles. The molecule has 1 aromatic heterocycles. The molecule has 2 aromatic rings. The van der Waals surface area contributed by atoms with Crippen LogP contribution in [-0.4, -0.2) is 16.3 Å². The number of aliphatic carboxylic acids is 1. The highest BCUT2D eigenvalue weighted by molar-refractivity contribution is 8.01. The molecule has 0 radical (unpaired) electrons. The van der Waals surface area contributed by atoms with Crippen molar-refractivity contribution in [1.29, 1.82) is 0 Å². The van der Waals surface area contributed by atoms with Crippen LogP contribution in [0.1, 0.15) is 31.9 Å². The average Bonchev–Trinajstić information content (AvgIpc) is 2.92. The summed E-state index contributed by atoms with van der Waals surface area (Å²) >= 11 is 3.26. The molecule has 3 N–H and O–H groups in total. The molecule has 0 bridgehead atoms. The maximum atomic E-state index is 10.3. The van der Waals surface area contributed by atoms with E-state index >= 15 is 0 Å². The second kappa shape index (κ2) is 9.60. The van der Waals surface area contributed by atoms with Crippen LogP contribution in [0.15, 0.2) is 52.1 Å². The number of thiophene rings is 1. The fourth-order valence-corrected chi connectivity index (χ4v) is 3.68. The summed E-state index contributed by atoms with van der Waals surface area (Å²) in [5.41, 5.74) is 6.81. The molecule has 5 heteroatoms. The minimum atomic E-state index is -0.730. The smallest absolute Gasteiger partial charge is 0.304 e. The van der Waals surface area contributed by atoms with Gasteiger partial charge >= 0.3 is 5.97 Å². The van der Waals surface area contributed by atoms with Gasteiger partial charge in [-0.3, -0.25) is 4.79 Å². The van der Waals surface area contributed by atoms with Crippen molar-refractivity contribution in [3.63, 3.8) is 0 Å². The predicted octanol–water partition coefficient (Wildman–Crippen LogP) is 4.41. The van der Waals surface area contributed by atoms with Gasteiger partial charge in [0, 0.05) is 11.3 Å². The van der Waals surface area contributed by atoms with Crippen molar-refractivity contribution < 1.29 is 9.90 Å². The van der Waals surface area contributed by atoms with Crippen molar-refractivity contribution >= 4 is 29.1 Å². The summed E-state index contributed by atoms with van der Waals surface area (Å²) in [4.78, 5) is 10.3. The zero-order valence-corrected chi connectivity index (χ0v) is 13.9. The van der Waals surface area contributed by atoms with E-state index in [1.54, 1.807) is 23.1 Å². The molecule has 0 amide bonds. The fourth-order valence-electron chi connectivity index (χ4n) is 1.57. The number of nitrogens with two attached hydrogens (primary N) is 1. The molecule has 0 fully saturated rings. The average molecular weight is 323 g/mol. The van der Waals surface area contributed by atoms with Crippen molar-refractivity contribution in [2.75, 3.05) is 0 Å². The summed E-state index contributed by atoms with van der Waals surface area (Å²) in [6.07, 6.45) is 0.225. The molecule has 0 saturated heterocycles. The molecule has 21 heavy (non-hydrogen) atoms. The monoisotopic (exact) mass is 323 g/mol. The number of thioether (sulfide) groups is 1. The Labute approximate surface area is 134 Å². The first-order valence-corrected chi connectivity index (χ1v) is 8.47. The summed E-state index contributed by atoms with van der Waals surface area (Å²) in [7, 11) is 0. The van der Waals surface area contributed by atoms with Gasteiger partial charge in [-0.2, -0.15) is 0 Å². The Balaban J connectivity index is 0.000000219. The quantitative estimate of drug-likeness (QED) is 0.800. The van der Waals surface area contributed by atoms with Crippen LogP contribution in [0.4, 0.5) is 0 Å². The summed E-state index contributed by atoms with van der Waals surface area (Å²) < 4.78 is 1.18. The lowest BCUT2D eigenvalue weighted by molar-refractivity contribution is -0.136. The number of carbonyl (C=O) groups is 1. The van der Waals surface area contributed by atoms with E-state index in [-0.39, 0.29) is 17.7 Å². The van der Waals surface area contributed by atoms with Gasteiger partial charge in [-0.05, 0) is 23.9 Å². The highest BCUT2D eigenvalue weighted by Gasteiger charge is 2.08. The molecule has 1 heterocycles. The van der Waals surface area contributed by atoms with Crippen LogP contribution in [0.5, 0.6) is 0 Å². The first kappa shape index (κ1) is 17.8. The maximum Gasteiger partial charge on any atom is 0.304 e. The standard InChI is InChI=1S/C8H11N.C8H10O2S2/c1-7(9)8-5-3-2-4-6-8;1-6(5-7(9)10)12-8-3-2-4-11-8/h2-7H,9H2,1H3;2-4,6H,5H2,1H3,(H,9,10)/t;6-/m.0/s1. The second-order valence-corrected chi connectivity index (χ2v) is 7.34. The number of rotatable bonds is 5. The molecule has 0 saturated carbocycles. The van der Waals surface area contributed by atoms with Crippen LogP contribution >= 0.6 is 23.1 Å². The van der Waals surface area contributed by atoms with E-state index in [0.29, 0.717) is 0 Å². The number of hydrogen-bond acceptors (Lipinski definition) is 4. The molecular formula is C16H21NO2S2. The zero-order valence-electron chi connectivity index (χ0n) is 12.2. The molecule has 1 unspecified atom stereocenters. The van der Waals surface area contributed by atoms with Crippen LogP contribution in [-0.2, 0) is 4.79 Å². The third-order valence-corrected chi connectivity index (χ3v) is 4.78. The summed E-state index contributed by atoms with van der Waals surface area (Å²) in [6, 6.07) is 14.2. The molecule has 0 aliphatic rings. The van der Waals surface area contributed by atoms with Crippen LogP contribution in [0.2, 0.25) is 0 Å². The largest absolute Gasteiger partial charge is 0.481 e. The van der Waals surface area contributed by atoms with E-state index < -0.39 is 5.97 Å². The van der Waals surface area contributed by atoms with Gasteiger partial charge in [-0.15, -0.1) is 23.1 Å².